The average molecular weight is 338 g/mol. The third kappa shape index (κ3) is 3.23. The minimum Gasteiger partial charge on any atom is -0.378 e. The van der Waals surface area contributed by atoms with Gasteiger partial charge >= 0.3 is 0 Å². The zero-order chi connectivity index (χ0) is 14.8. The molecule has 0 aliphatic carbocycles. The Morgan fingerprint density at radius 2 is 2.10 bits per heavy atom. The molecule has 6 heteroatoms. The largest absolute Gasteiger partial charge is 0.378 e. The first-order valence-corrected chi connectivity index (χ1v) is 8.02. The fourth-order valence-corrected chi connectivity index (χ4v) is 3.78. The second kappa shape index (κ2) is 6.10. The van der Waals surface area contributed by atoms with Crippen molar-refractivity contribution in [1.82, 2.24) is 9.78 Å². The van der Waals surface area contributed by atoms with Crippen molar-refractivity contribution in [3.63, 3.8) is 0 Å². The van der Waals surface area contributed by atoms with Gasteiger partial charge in [0.1, 0.15) is 0 Å². The number of anilines is 1. The monoisotopic (exact) mass is 337 g/mol. The summed E-state index contributed by atoms with van der Waals surface area (Å²) < 4.78 is 3.25. The number of nitrogens with one attached hydrogen (secondary N) is 1. The summed E-state index contributed by atoms with van der Waals surface area (Å²) in [6, 6.07) is 12.0. The van der Waals surface area contributed by atoms with Crippen LogP contribution in [0.1, 0.15) is 18.5 Å². The summed E-state index contributed by atoms with van der Waals surface area (Å²) in [4.78, 5) is 0. The number of rotatable bonds is 4. The van der Waals surface area contributed by atoms with E-state index in [-0.39, 0.29) is 6.04 Å². The van der Waals surface area contributed by atoms with E-state index < -0.39 is 0 Å². The van der Waals surface area contributed by atoms with Gasteiger partial charge in [0.15, 0.2) is 0 Å². The Bertz CT molecular complexity index is 737. The fourth-order valence-electron chi connectivity index (χ4n) is 2.14. The van der Waals surface area contributed by atoms with Crippen LogP contribution >= 0.6 is 34.5 Å². The zero-order valence-electron chi connectivity index (χ0n) is 11.3. The molecule has 0 radical (unpaired) electrons. The van der Waals surface area contributed by atoms with Crippen LogP contribution in [0.2, 0.25) is 8.67 Å². The minimum absolute atomic E-state index is 0.0779. The van der Waals surface area contributed by atoms with Gasteiger partial charge in [-0.3, -0.25) is 0 Å². The van der Waals surface area contributed by atoms with E-state index in [0.717, 1.165) is 21.3 Å². The molecule has 3 rings (SSSR count). The summed E-state index contributed by atoms with van der Waals surface area (Å²) in [6.45, 7) is 2.06. The number of halogens is 2. The number of thiophene rings is 1. The Kier molecular flexibility index (Phi) is 4.19. The molecule has 0 saturated heterocycles. The lowest BCUT2D eigenvalue weighted by Crippen LogP contribution is -2.06. The van der Waals surface area contributed by atoms with Gasteiger partial charge in [0.25, 0.3) is 0 Å². The van der Waals surface area contributed by atoms with Gasteiger partial charge in [-0.25, -0.2) is 4.68 Å². The number of hydrogen-bond acceptors (Lipinski definition) is 3. The number of benzene rings is 1. The van der Waals surface area contributed by atoms with E-state index in [1.54, 1.807) is 6.20 Å². The van der Waals surface area contributed by atoms with Crippen LogP contribution in [0.4, 0.5) is 5.69 Å². The van der Waals surface area contributed by atoms with Crippen molar-refractivity contribution in [3.05, 3.63) is 63.0 Å². The SMILES string of the molecule is CC(Nc1cccc(-n2cccn2)c1)c1cc(Cl)sc1Cl. The molecule has 108 valence electrons. The number of hydrogen-bond donors (Lipinski definition) is 1. The van der Waals surface area contributed by atoms with Crippen molar-refractivity contribution >= 4 is 40.2 Å². The molecule has 3 nitrogen and oxygen atoms in total. The maximum absolute atomic E-state index is 6.20. The molecule has 0 fully saturated rings. The van der Waals surface area contributed by atoms with Gasteiger partial charge in [0.05, 0.1) is 20.4 Å². The topological polar surface area (TPSA) is 29.9 Å². The molecular formula is C15H13Cl2N3S. The van der Waals surface area contributed by atoms with E-state index in [9.17, 15) is 0 Å². The summed E-state index contributed by atoms with van der Waals surface area (Å²) >= 11 is 13.6. The highest BCUT2D eigenvalue weighted by Gasteiger charge is 2.13. The van der Waals surface area contributed by atoms with Crippen LogP contribution in [0.25, 0.3) is 5.69 Å². The van der Waals surface area contributed by atoms with Crippen LogP contribution in [-0.2, 0) is 0 Å². The third-order valence-corrected chi connectivity index (χ3v) is 4.67. The van der Waals surface area contributed by atoms with Gasteiger partial charge < -0.3 is 5.32 Å². The second-order valence-corrected chi connectivity index (χ2v) is 6.93. The normalized spacial score (nSPS) is 12.3. The fraction of sp³-hybridized carbons (Fsp3) is 0.133. The van der Waals surface area contributed by atoms with Gasteiger partial charge in [-0.2, -0.15) is 5.10 Å². The van der Waals surface area contributed by atoms with E-state index in [0.29, 0.717) is 4.34 Å². The summed E-state index contributed by atoms with van der Waals surface area (Å²) in [5.74, 6) is 0. The molecule has 0 aliphatic rings. The summed E-state index contributed by atoms with van der Waals surface area (Å²) in [7, 11) is 0. The van der Waals surface area contributed by atoms with Crippen LogP contribution < -0.4 is 5.32 Å². The van der Waals surface area contributed by atoms with Crippen LogP contribution in [0.3, 0.4) is 0 Å². The van der Waals surface area contributed by atoms with E-state index >= 15 is 0 Å². The zero-order valence-corrected chi connectivity index (χ0v) is 13.6. The lowest BCUT2D eigenvalue weighted by molar-refractivity contribution is 0.872. The van der Waals surface area contributed by atoms with Crippen molar-refractivity contribution in [1.29, 1.82) is 0 Å². The molecule has 0 spiro atoms. The van der Waals surface area contributed by atoms with Crippen molar-refractivity contribution in [2.45, 2.75) is 13.0 Å². The van der Waals surface area contributed by atoms with Gasteiger partial charge in [-0.15, -0.1) is 11.3 Å². The highest BCUT2D eigenvalue weighted by molar-refractivity contribution is 7.20. The summed E-state index contributed by atoms with van der Waals surface area (Å²) in [6.07, 6.45) is 3.67. The van der Waals surface area contributed by atoms with Gasteiger partial charge in [-0.05, 0) is 37.3 Å². The number of nitrogens with zero attached hydrogens (tertiary/aromatic N) is 2. The Balaban J connectivity index is 1.82. The Labute approximate surface area is 137 Å². The Hall–Kier alpha value is -1.49. The molecule has 2 heterocycles. The molecule has 1 atom stereocenters. The first-order valence-electron chi connectivity index (χ1n) is 6.45. The number of aromatic nitrogens is 2. The first kappa shape index (κ1) is 14.4. The van der Waals surface area contributed by atoms with Crippen molar-refractivity contribution in [3.8, 4) is 5.69 Å². The van der Waals surface area contributed by atoms with E-state index in [1.165, 1.54) is 11.3 Å². The quantitative estimate of drug-likeness (QED) is 0.689. The van der Waals surface area contributed by atoms with Crippen molar-refractivity contribution in [2.24, 2.45) is 0 Å². The Morgan fingerprint density at radius 1 is 1.24 bits per heavy atom. The minimum atomic E-state index is 0.0779. The molecule has 2 aromatic heterocycles. The van der Waals surface area contributed by atoms with Crippen LogP contribution in [0.15, 0.2) is 48.8 Å². The maximum atomic E-state index is 6.20. The molecule has 1 aromatic carbocycles. The van der Waals surface area contributed by atoms with E-state index in [1.807, 2.05) is 47.3 Å². The summed E-state index contributed by atoms with van der Waals surface area (Å²) in [5.41, 5.74) is 3.02. The second-order valence-electron chi connectivity index (χ2n) is 4.65. The third-order valence-electron chi connectivity index (χ3n) is 3.15. The van der Waals surface area contributed by atoms with Gasteiger partial charge in [0.2, 0.25) is 0 Å². The van der Waals surface area contributed by atoms with E-state index in [2.05, 4.69) is 17.3 Å². The lowest BCUT2D eigenvalue weighted by Gasteiger charge is -2.15. The molecule has 0 aliphatic heterocycles. The highest BCUT2D eigenvalue weighted by Crippen LogP contribution is 2.36. The van der Waals surface area contributed by atoms with Crippen LogP contribution in [0.5, 0.6) is 0 Å². The maximum Gasteiger partial charge on any atom is 0.0996 e. The molecular weight excluding hydrogens is 325 g/mol. The molecule has 0 amide bonds. The summed E-state index contributed by atoms with van der Waals surface area (Å²) in [5, 5.41) is 7.67. The highest BCUT2D eigenvalue weighted by atomic mass is 35.5. The average Bonchev–Trinajstić information content (AvgIpc) is 3.08. The van der Waals surface area contributed by atoms with Gasteiger partial charge in [0, 0.05) is 23.6 Å². The van der Waals surface area contributed by atoms with Crippen molar-refractivity contribution < 1.29 is 0 Å². The van der Waals surface area contributed by atoms with Gasteiger partial charge in [-0.1, -0.05) is 29.3 Å². The first-order chi connectivity index (χ1) is 10.1. The van der Waals surface area contributed by atoms with Crippen LogP contribution in [0, 0.1) is 0 Å². The Morgan fingerprint density at radius 3 is 2.76 bits per heavy atom. The predicted molar refractivity (Wildman–Crippen MR) is 89.9 cm³/mol. The van der Waals surface area contributed by atoms with Crippen LogP contribution in [-0.4, -0.2) is 9.78 Å². The molecule has 1 unspecified atom stereocenters. The standard InChI is InChI=1S/C15H13Cl2N3S/c1-10(13-9-14(16)21-15(13)17)19-11-4-2-5-12(8-11)20-7-3-6-18-20/h2-10,19H,1H3. The smallest absolute Gasteiger partial charge is 0.0996 e. The predicted octanol–water partition coefficient (Wildman–Crippen LogP) is 5.41. The van der Waals surface area contributed by atoms with Crippen molar-refractivity contribution in [2.75, 3.05) is 5.32 Å². The lowest BCUT2D eigenvalue weighted by atomic mass is 10.1. The molecule has 21 heavy (non-hydrogen) atoms. The molecule has 1 N–H and O–H groups in total. The van der Waals surface area contributed by atoms with E-state index in [4.69, 9.17) is 23.2 Å². The molecule has 0 saturated carbocycles. The molecule has 0 bridgehead atoms. The molecule has 3 aromatic rings.